The predicted molar refractivity (Wildman–Crippen MR) is 107 cm³/mol. The SMILES string of the molecule is C/C(=C\CNC(=O)CNC(=O)OCC1c2ccccc2-c2ccccc21)C(=O)O. The van der Waals surface area contributed by atoms with Gasteiger partial charge in [-0.05, 0) is 29.2 Å². The topological polar surface area (TPSA) is 105 Å². The highest BCUT2D eigenvalue weighted by Crippen LogP contribution is 2.44. The van der Waals surface area contributed by atoms with Crippen molar-refractivity contribution in [3.8, 4) is 11.1 Å². The van der Waals surface area contributed by atoms with E-state index in [2.05, 4.69) is 22.8 Å². The first-order valence-corrected chi connectivity index (χ1v) is 9.23. The van der Waals surface area contributed by atoms with Gasteiger partial charge in [-0.15, -0.1) is 0 Å². The number of carboxylic acids is 1. The number of hydrogen-bond acceptors (Lipinski definition) is 4. The molecule has 0 unspecified atom stereocenters. The molecule has 29 heavy (non-hydrogen) atoms. The van der Waals surface area contributed by atoms with Crippen molar-refractivity contribution in [2.45, 2.75) is 12.8 Å². The number of benzene rings is 2. The molecule has 0 saturated heterocycles. The molecule has 0 bridgehead atoms. The molecule has 0 aliphatic heterocycles. The van der Waals surface area contributed by atoms with Gasteiger partial charge in [0.15, 0.2) is 0 Å². The third-order valence-electron chi connectivity index (χ3n) is 4.78. The molecule has 0 spiro atoms. The maximum Gasteiger partial charge on any atom is 0.407 e. The van der Waals surface area contributed by atoms with Gasteiger partial charge in [0.1, 0.15) is 13.2 Å². The minimum Gasteiger partial charge on any atom is -0.478 e. The Kier molecular flexibility index (Phi) is 6.29. The summed E-state index contributed by atoms with van der Waals surface area (Å²) in [7, 11) is 0. The summed E-state index contributed by atoms with van der Waals surface area (Å²) in [6.45, 7) is 1.42. The van der Waals surface area contributed by atoms with Crippen molar-refractivity contribution in [2.75, 3.05) is 19.7 Å². The maximum atomic E-state index is 12.0. The van der Waals surface area contributed by atoms with E-state index in [-0.39, 0.29) is 31.2 Å². The van der Waals surface area contributed by atoms with E-state index in [9.17, 15) is 14.4 Å². The fourth-order valence-electron chi connectivity index (χ4n) is 3.27. The Hall–Kier alpha value is -3.61. The Morgan fingerprint density at radius 1 is 1.00 bits per heavy atom. The van der Waals surface area contributed by atoms with Crippen molar-refractivity contribution in [1.29, 1.82) is 0 Å². The van der Waals surface area contributed by atoms with Crippen molar-refractivity contribution in [3.05, 3.63) is 71.3 Å². The van der Waals surface area contributed by atoms with Gasteiger partial charge in [0.2, 0.25) is 5.91 Å². The van der Waals surface area contributed by atoms with E-state index >= 15 is 0 Å². The van der Waals surface area contributed by atoms with Crippen LogP contribution in [-0.4, -0.2) is 42.8 Å². The number of aliphatic carboxylic acids is 1. The minimum atomic E-state index is -1.05. The Bertz CT molecular complexity index is 922. The standard InChI is InChI=1S/C22H22N2O5/c1-14(21(26)27)10-11-23-20(25)12-24-22(28)29-13-19-17-8-4-2-6-15(17)16-7-3-5-9-18(16)19/h2-10,19H,11-13H2,1H3,(H,23,25)(H,24,28)(H,26,27)/b14-10+. The van der Waals surface area contributed by atoms with Crippen molar-refractivity contribution in [3.63, 3.8) is 0 Å². The lowest BCUT2D eigenvalue weighted by Crippen LogP contribution is -2.37. The van der Waals surface area contributed by atoms with E-state index < -0.39 is 18.0 Å². The number of hydrogen-bond donors (Lipinski definition) is 3. The zero-order valence-electron chi connectivity index (χ0n) is 16.0. The van der Waals surface area contributed by atoms with Gasteiger partial charge in [0.25, 0.3) is 0 Å². The number of alkyl carbamates (subject to hydrolysis) is 1. The monoisotopic (exact) mass is 394 g/mol. The molecule has 7 nitrogen and oxygen atoms in total. The minimum absolute atomic E-state index is 0.0499. The Morgan fingerprint density at radius 3 is 2.17 bits per heavy atom. The van der Waals surface area contributed by atoms with Gasteiger partial charge >= 0.3 is 12.1 Å². The summed E-state index contributed by atoms with van der Waals surface area (Å²) in [5.41, 5.74) is 4.64. The van der Waals surface area contributed by atoms with Gasteiger partial charge in [-0.1, -0.05) is 54.6 Å². The molecule has 7 heteroatoms. The molecule has 0 fully saturated rings. The fourth-order valence-corrected chi connectivity index (χ4v) is 3.27. The number of carboxylic acid groups (broad SMARTS) is 1. The van der Waals surface area contributed by atoms with Crippen LogP contribution in [0, 0.1) is 0 Å². The number of carbonyl (C=O) groups is 3. The maximum absolute atomic E-state index is 12.0. The van der Waals surface area contributed by atoms with Gasteiger partial charge in [0.05, 0.1) is 0 Å². The van der Waals surface area contributed by atoms with Crippen molar-refractivity contribution in [2.24, 2.45) is 0 Å². The van der Waals surface area contributed by atoms with Crippen LogP contribution in [0.25, 0.3) is 11.1 Å². The van der Waals surface area contributed by atoms with Crippen molar-refractivity contribution >= 4 is 18.0 Å². The smallest absolute Gasteiger partial charge is 0.407 e. The van der Waals surface area contributed by atoms with E-state index in [1.54, 1.807) is 0 Å². The zero-order valence-corrected chi connectivity index (χ0v) is 16.0. The molecule has 150 valence electrons. The van der Waals surface area contributed by atoms with Crippen molar-refractivity contribution < 1.29 is 24.2 Å². The van der Waals surface area contributed by atoms with E-state index in [1.807, 2.05) is 36.4 Å². The molecule has 1 aliphatic carbocycles. The summed E-state index contributed by atoms with van der Waals surface area (Å²) in [5.74, 6) is -1.53. The molecule has 1 aliphatic rings. The Balaban J connectivity index is 1.49. The quantitative estimate of drug-likeness (QED) is 0.626. The van der Waals surface area contributed by atoms with Gasteiger partial charge in [-0.3, -0.25) is 4.79 Å². The van der Waals surface area contributed by atoms with Gasteiger partial charge in [-0.2, -0.15) is 0 Å². The normalized spacial score (nSPS) is 12.7. The highest BCUT2D eigenvalue weighted by Gasteiger charge is 2.28. The van der Waals surface area contributed by atoms with E-state index in [0.717, 1.165) is 22.3 Å². The highest BCUT2D eigenvalue weighted by molar-refractivity contribution is 5.86. The molecule has 3 rings (SSSR count). The van der Waals surface area contributed by atoms with Gasteiger partial charge in [0, 0.05) is 18.0 Å². The fraction of sp³-hybridized carbons (Fsp3) is 0.227. The number of amides is 2. The second kappa shape index (κ2) is 9.05. The van der Waals surface area contributed by atoms with Crippen LogP contribution in [0.3, 0.4) is 0 Å². The molecule has 0 heterocycles. The number of nitrogens with one attached hydrogen (secondary N) is 2. The molecular formula is C22H22N2O5. The van der Waals surface area contributed by atoms with Crippen LogP contribution in [0.2, 0.25) is 0 Å². The van der Waals surface area contributed by atoms with Crippen LogP contribution in [0.15, 0.2) is 60.2 Å². The lowest BCUT2D eigenvalue weighted by molar-refractivity contribution is -0.132. The summed E-state index contributed by atoms with van der Waals surface area (Å²) < 4.78 is 5.34. The lowest BCUT2D eigenvalue weighted by atomic mass is 9.98. The molecule has 2 aromatic rings. The number of ether oxygens (including phenoxy) is 1. The van der Waals surface area contributed by atoms with E-state index in [1.165, 1.54) is 13.0 Å². The number of fused-ring (bicyclic) bond motifs is 3. The van der Waals surface area contributed by atoms with Crippen LogP contribution in [0.4, 0.5) is 4.79 Å². The molecule has 0 saturated carbocycles. The second-order valence-corrected chi connectivity index (χ2v) is 6.68. The first-order chi connectivity index (χ1) is 14.0. The zero-order chi connectivity index (χ0) is 20.8. The summed E-state index contributed by atoms with van der Waals surface area (Å²) in [5, 5.41) is 13.6. The highest BCUT2D eigenvalue weighted by atomic mass is 16.5. The molecule has 0 radical (unpaired) electrons. The summed E-state index contributed by atoms with van der Waals surface area (Å²) in [6.07, 6.45) is 0.701. The van der Waals surface area contributed by atoms with Crippen LogP contribution >= 0.6 is 0 Å². The van der Waals surface area contributed by atoms with Crippen LogP contribution < -0.4 is 10.6 Å². The van der Waals surface area contributed by atoms with Crippen molar-refractivity contribution in [1.82, 2.24) is 10.6 Å². The molecule has 2 amide bonds. The molecule has 3 N–H and O–H groups in total. The van der Waals surface area contributed by atoms with Gasteiger partial charge < -0.3 is 20.5 Å². The lowest BCUT2D eigenvalue weighted by Gasteiger charge is -2.14. The van der Waals surface area contributed by atoms with E-state index in [0.29, 0.717) is 0 Å². The van der Waals surface area contributed by atoms with E-state index in [4.69, 9.17) is 9.84 Å². The Labute approximate surface area is 168 Å². The number of rotatable bonds is 7. The first-order valence-electron chi connectivity index (χ1n) is 9.23. The molecule has 0 atom stereocenters. The average molecular weight is 394 g/mol. The molecule has 2 aromatic carbocycles. The molecular weight excluding hydrogens is 372 g/mol. The van der Waals surface area contributed by atoms with Crippen LogP contribution in [0.5, 0.6) is 0 Å². The molecule has 0 aromatic heterocycles. The average Bonchev–Trinajstić information content (AvgIpc) is 3.04. The first kappa shape index (κ1) is 20.1. The third kappa shape index (κ3) is 4.82. The Morgan fingerprint density at radius 2 is 1.59 bits per heavy atom. The van der Waals surface area contributed by atoms with Crippen LogP contribution in [0.1, 0.15) is 24.0 Å². The van der Waals surface area contributed by atoms with Gasteiger partial charge in [-0.25, -0.2) is 9.59 Å². The van der Waals surface area contributed by atoms with Crippen LogP contribution in [-0.2, 0) is 14.3 Å². The second-order valence-electron chi connectivity index (χ2n) is 6.68. The summed E-state index contributed by atoms with van der Waals surface area (Å²) in [4.78, 5) is 34.4. The largest absolute Gasteiger partial charge is 0.478 e. The number of carbonyl (C=O) groups excluding carboxylic acids is 2. The summed E-state index contributed by atoms with van der Waals surface area (Å²) >= 11 is 0. The third-order valence-corrected chi connectivity index (χ3v) is 4.78. The summed E-state index contributed by atoms with van der Waals surface area (Å²) in [6, 6.07) is 16.1. The predicted octanol–water partition coefficient (Wildman–Crippen LogP) is 2.67.